The number of likely N-dealkylation sites (tertiary alicyclic amines) is 1. The van der Waals surface area contributed by atoms with E-state index in [9.17, 15) is 0 Å². The molecule has 3 heteroatoms. The lowest BCUT2D eigenvalue weighted by Crippen LogP contribution is -2.42. The number of aliphatic hydroxyl groups is 1. The molecule has 0 amide bonds. The predicted octanol–water partition coefficient (Wildman–Crippen LogP) is 1.08. The predicted molar refractivity (Wildman–Crippen MR) is 64.0 cm³/mol. The van der Waals surface area contributed by atoms with E-state index < -0.39 is 0 Å². The summed E-state index contributed by atoms with van der Waals surface area (Å²) in [7, 11) is 0. The molecular formula is C12H26N2O. The Morgan fingerprint density at radius 2 is 1.87 bits per heavy atom. The number of hydrogen-bond donors (Lipinski definition) is 2. The molecule has 0 spiro atoms. The molecule has 3 nitrogen and oxygen atoms in total. The number of hydrogen-bond acceptors (Lipinski definition) is 3. The lowest BCUT2D eigenvalue weighted by Gasteiger charge is -2.29. The van der Waals surface area contributed by atoms with E-state index in [-0.39, 0.29) is 6.61 Å². The van der Waals surface area contributed by atoms with E-state index >= 15 is 0 Å². The fourth-order valence-corrected chi connectivity index (χ4v) is 2.06. The van der Waals surface area contributed by atoms with E-state index in [2.05, 4.69) is 24.1 Å². The molecular weight excluding hydrogens is 188 g/mol. The van der Waals surface area contributed by atoms with Crippen molar-refractivity contribution in [1.29, 1.82) is 0 Å². The third-order valence-corrected chi connectivity index (χ3v) is 3.11. The number of piperidine rings is 1. The topological polar surface area (TPSA) is 35.5 Å². The lowest BCUT2D eigenvalue weighted by molar-refractivity contribution is 0.197. The maximum atomic E-state index is 8.92. The van der Waals surface area contributed by atoms with Crippen molar-refractivity contribution < 1.29 is 5.11 Å². The van der Waals surface area contributed by atoms with Crippen molar-refractivity contribution in [3.63, 3.8) is 0 Å². The highest BCUT2D eigenvalue weighted by atomic mass is 16.3. The van der Waals surface area contributed by atoms with Crippen LogP contribution in [0.4, 0.5) is 0 Å². The molecule has 1 rings (SSSR count). The van der Waals surface area contributed by atoms with Crippen molar-refractivity contribution in [3.05, 3.63) is 0 Å². The molecule has 1 fully saturated rings. The Hall–Kier alpha value is -0.120. The van der Waals surface area contributed by atoms with Gasteiger partial charge in [0.2, 0.25) is 0 Å². The molecule has 1 aliphatic rings. The first-order valence-corrected chi connectivity index (χ1v) is 6.29. The summed E-state index contributed by atoms with van der Waals surface area (Å²) in [4.78, 5) is 2.55. The molecule has 0 radical (unpaired) electrons. The van der Waals surface area contributed by atoms with Gasteiger partial charge in [-0.1, -0.05) is 13.3 Å². The highest BCUT2D eigenvalue weighted by Crippen LogP contribution is 2.08. The van der Waals surface area contributed by atoms with Gasteiger partial charge in [0.15, 0.2) is 0 Å². The molecule has 90 valence electrons. The Bertz CT molecular complexity index is 158. The summed E-state index contributed by atoms with van der Waals surface area (Å²) >= 11 is 0. The molecule has 1 saturated heterocycles. The van der Waals surface area contributed by atoms with Gasteiger partial charge >= 0.3 is 0 Å². The maximum absolute atomic E-state index is 8.92. The van der Waals surface area contributed by atoms with Crippen LogP contribution >= 0.6 is 0 Å². The monoisotopic (exact) mass is 214 g/mol. The Kier molecular flexibility index (Phi) is 6.22. The molecule has 2 unspecified atom stereocenters. The fourth-order valence-electron chi connectivity index (χ4n) is 2.06. The van der Waals surface area contributed by atoms with E-state index in [1.54, 1.807) is 0 Å². The number of aliphatic hydroxyl groups excluding tert-OH is 1. The molecule has 0 aromatic rings. The maximum Gasteiger partial charge on any atom is 0.0468 e. The molecule has 0 bridgehead atoms. The Labute approximate surface area is 93.9 Å². The van der Waals surface area contributed by atoms with E-state index in [0.717, 1.165) is 13.1 Å². The van der Waals surface area contributed by atoms with Crippen LogP contribution in [-0.2, 0) is 0 Å². The second kappa shape index (κ2) is 7.20. The van der Waals surface area contributed by atoms with Gasteiger partial charge < -0.3 is 15.3 Å². The normalized spacial score (nSPS) is 22.6. The van der Waals surface area contributed by atoms with Crippen LogP contribution in [0.15, 0.2) is 0 Å². The summed E-state index contributed by atoms with van der Waals surface area (Å²) < 4.78 is 0. The van der Waals surface area contributed by atoms with E-state index in [0.29, 0.717) is 12.0 Å². The zero-order valence-corrected chi connectivity index (χ0v) is 10.2. The SMILES string of the molecule is CC(CO)CNC(C)CN1CCCCC1. The summed E-state index contributed by atoms with van der Waals surface area (Å²) in [6, 6.07) is 0.539. The summed E-state index contributed by atoms with van der Waals surface area (Å²) in [6.45, 7) is 9.19. The van der Waals surface area contributed by atoms with Crippen LogP contribution in [0.25, 0.3) is 0 Å². The van der Waals surface area contributed by atoms with Crippen molar-refractivity contribution in [3.8, 4) is 0 Å². The molecule has 0 aliphatic carbocycles. The first-order valence-electron chi connectivity index (χ1n) is 6.29. The quantitative estimate of drug-likeness (QED) is 0.694. The average Bonchev–Trinajstić information content (AvgIpc) is 2.27. The first-order chi connectivity index (χ1) is 7.22. The largest absolute Gasteiger partial charge is 0.396 e. The van der Waals surface area contributed by atoms with Crippen molar-refractivity contribution in [2.45, 2.75) is 39.2 Å². The van der Waals surface area contributed by atoms with Crippen LogP contribution in [0.5, 0.6) is 0 Å². The van der Waals surface area contributed by atoms with Crippen molar-refractivity contribution in [1.82, 2.24) is 10.2 Å². The molecule has 0 saturated carbocycles. The van der Waals surface area contributed by atoms with E-state index in [1.165, 1.54) is 32.4 Å². The van der Waals surface area contributed by atoms with Crippen LogP contribution < -0.4 is 5.32 Å². The Morgan fingerprint density at radius 3 is 2.47 bits per heavy atom. The third kappa shape index (κ3) is 5.50. The summed E-state index contributed by atoms with van der Waals surface area (Å²) in [6.07, 6.45) is 4.12. The smallest absolute Gasteiger partial charge is 0.0468 e. The molecule has 2 N–H and O–H groups in total. The van der Waals surface area contributed by atoms with Gasteiger partial charge in [-0.3, -0.25) is 0 Å². The van der Waals surface area contributed by atoms with Crippen LogP contribution in [0.3, 0.4) is 0 Å². The Balaban J connectivity index is 2.08. The minimum absolute atomic E-state index is 0.281. The van der Waals surface area contributed by atoms with Gasteiger partial charge in [-0.25, -0.2) is 0 Å². The second-order valence-electron chi connectivity index (χ2n) is 4.96. The number of nitrogens with zero attached hydrogens (tertiary/aromatic N) is 1. The zero-order valence-electron chi connectivity index (χ0n) is 10.2. The van der Waals surface area contributed by atoms with Crippen molar-refractivity contribution in [2.24, 2.45) is 5.92 Å². The molecule has 2 atom stereocenters. The lowest BCUT2D eigenvalue weighted by atomic mass is 10.1. The van der Waals surface area contributed by atoms with Gasteiger partial charge in [0.05, 0.1) is 0 Å². The standard InChI is InChI=1S/C12H26N2O/c1-11(10-15)8-13-12(2)9-14-6-4-3-5-7-14/h11-13,15H,3-10H2,1-2H3. The average molecular weight is 214 g/mol. The van der Waals surface area contributed by atoms with Crippen LogP contribution in [-0.4, -0.2) is 48.8 Å². The van der Waals surface area contributed by atoms with Crippen molar-refractivity contribution in [2.75, 3.05) is 32.8 Å². The minimum atomic E-state index is 0.281. The van der Waals surface area contributed by atoms with Crippen LogP contribution in [0.2, 0.25) is 0 Å². The highest BCUT2D eigenvalue weighted by Gasteiger charge is 2.13. The van der Waals surface area contributed by atoms with Gasteiger partial charge in [-0.05, 0) is 38.8 Å². The zero-order chi connectivity index (χ0) is 11.1. The first kappa shape index (κ1) is 12.9. The summed E-state index contributed by atoms with van der Waals surface area (Å²) in [5.74, 6) is 0.369. The molecule has 0 aromatic carbocycles. The Morgan fingerprint density at radius 1 is 1.20 bits per heavy atom. The van der Waals surface area contributed by atoms with Gasteiger partial charge in [0.1, 0.15) is 0 Å². The highest BCUT2D eigenvalue weighted by molar-refractivity contribution is 4.71. The summed E-state index contributed by atoms with van der Waals surface area (Å²) in [5, 5.41) is 12.4. The van der Waals surface area contributed by atoms with Crippen LogP contribution in [0, 0.1) is 5.92 Å². The van der Waals surface area contributed by atoms with Crippen LogP contribution in [0.1, 0.15) is 33.1 Å². The van der Waals surface area contributed by atoms with Crippen molar-refractivity contribution >= 4 is 0 Å². The molecule has 1 aliphatic heterocycles. The van der Waals surface area contributed by atoms with E-state index in [4.69, 9.17) is 5.11 Å². The van der Waals surface area contributed by atoms with E-state index in [1.807, 2.05) is 0 Å². The summed E-state index contributed by atoms with van der Waals surface area (Å²) in [5.41, 5.74) is 0. The molecule has 15 heavy (non-hydrogen) atoms. The fraction of sp³-hybridized carbons (Fsp3) is 1.00. The molecule has 1 heterocycles. The second-order valence-corrected chi connectivity index (χ2v) is 4.96. The minimum Gasteiger partial charge on any atom is -0.396 e. The van der Waals surface area contributed by atoms with Gasteiger partial charge in [-0.15, -0.1) is 0 Å². The van der Waals surface area contributed by atoms with Gasteiger partial charge in [0.25, 0.3) is 0 Å². The van der Waals surface area contributed by atoms with Gasteiger partial charge in [-0.2, -0.15) is 0 Å². The number of rotatable bonds is 6. The number of nitrogens with one attached hydrogen (secondary N) is 1. The third-order valence-electron chi connectivity index (χ3n) is 3.11. The molecule has 0 aromatic heterocycles. The van der Waals surface area contributed by atoms with Gasteiger partial charge in [0, 0.05) is 25.7 Å².